The van der Waals surface area contributed by atoms with E-state index in [0.717, 1.165) is 16.8 Å². The molecule has 3 nitrogen and oxygen atoms in total. The fraction of sp³-hybridized carbons (Fsp3) is 0.188. The number of rotatable bonds is 2. The fourth-order valence-corrected chi connectivity index (χ4v) is 2.87. The second-order valence-electron chi connectivity index (χ2n) is 5.04. The molecule has 1 aliphatic rings. The normalized spacial score (nSPS) is 18.0. The molecule has 5 heteroatoms. The summed E-state index contributed by atoms with van der Waals surface area (Å²) in [5.74, 6) is 0.136. The van der Waals surface area contributed by atoms with Crippen LogP contribution in [-0.4, -0.2) is 12.5 Å². The number of nitrogens with zero attached hydrogens (tertiary/aromatic N) is 2. The number of nitrogens with two attached hydrogens (primary N) is 1. The Hall–Kier alpha value is -2.07. The van der Waals surface area contributed by atoms with Gasteiger partial charge < -0.3 is 10.6 Å². The average molecular weight is 304 g/mol. The predicted molar refractivity (Wildman–Crippen MR) is 84.3 cm³/mol. The number of hydrogen-bond donors (Lipinski definition) is 1. The number of hydrogen-bond acceptors (Lipinski definition) is 3. The van der Waals surface area contributed by atoms with Crippen LogP contribution in [0.15, 0.2) is 47.5 Å². The molecule has 0 spiro atoms. The van der Waals surface area contributed by atoms with E-state index < -0.39 is 0 Å². The first kappa shape index (κ1) is 13.9. The molecule has 1 atom stereocenters. The second-order valence-corrected chi connectivity index (χ2v) is 5.44. The number of halogens is 2. The largest absolute Gasteiger partial charge is 0.369 e. The van der Waals surface area contributed by atoms with Gasteiger partial charge in [0.05, 0.1) is 23.3 Å². The van der Waals surface area contributed by atoms with E-state index in [9.17, 15) is 4.39 Å². The smallest absolute Gasteiger partial charge is 0.196 e. The van der Waals surface area contributed by atoms with Crippen LogP contribution in [0, 0.1) is 12.7 Å². The van der Waals surface area contributed by atoms with Gasteiger partial charge in [-0.1, -0.05) is 29.8 Å². The van der Waals surface area contributed by atoms with Crippen molar-refractivity contribution in [3.05, 3.63) is 64.4 Å². The zero-order valence-corrected chi connectivity index (χ0v) is 12.3. The van der Waals surface area contributed by atoms with Crippen LogP contribution >= 0.6 is 11.6 Å². The minimum absolute atomic E-state index is 0.138. The van der Waals surface area contributed by atoms with Crippen LogP contribution in [0.5, 0.6) is 0 Å². The van der Waals surface area contributed by atoms with Gasteiger partial charge in [0.25, 0.3) is 0 Å². The Morgan fingerprint density at radius 3 is 2.81 bits per heavy atom. The maximum absolute atomic E-state index is 13.6. The van der Waals surface area contributed by atoms with Crippen LogP contribution in [-0.2, 0) is 0 Å². The molecule has 1 heterocycles. The van der Waals surface area contributed by atoms with E-state index in [1.165, 1.54) is 12.1 Å². The van der Waals surface area contributed by atoms with Crippen LogP contribution in [0.1, 0.15) is 17.2 Å². The number of benzene rings is 2. The number of para-hydroxylation sites is 1. The molecular weight excluding hydrogens is 289 g/mol. The fourth-order valence-electron chi connectivity index (χ4n) is 2.64. The summed E-state index contributed by atoms with van der Waals surface area (Å²) in [6.07, 6.45) is 0. The SMILES string of the molecule is Cc1ccc(F)cc1C1CN=C(N)N1c1ccccc1Cl. The van der Waals surface area contributed by atoms with Gasteiger partial charge in [-0.25, -0.2) is 4.39 Å². The molecule has 0 fully saturated rings. The van der Waals surface area contributed by atoms with Gasteiger partial charge in [0, 0.05) is 0 Å². The number of anilines is 1. The van der Waals surface area contributed by atoms with Crippen molar-refractivity contribution in [2.45, 2.75) is 13.0 Å². The summed E-state index contributed by atoms with van der Waals surface area (Å²) in [5, 5.41) is 0.594. The van der Waals surface area contributed by atoms with Gasteiger partial charge in [-0.15, -0.1) is 0 Å². The minimum Gasteiger partial charge on any atom is -0.369 e. The summed E-state index contributed by atoms with van der Waals surface area (Å²) in [6.45, 7) is 2.44. The van der Waals surface area contributed by atoms with Gasteiger partial charge in [0.15, 0.2) is 5.96 Å². The third-order valence-corrected chi connectivity index (χ3v) is 4.02. The average Bonchev–Trinajstić information content (AvgIpc) is 2.84. The topological polar surface area (TPSA) is 41.6 Å². The van der Waals surface area contributed by atoms with Crippen LogP contribution < -0.4 is 10.6 Å². The molecule has 0 aliphatic carbocycles. The lowest BCUT2D eigenvalue weighted by atomic mass is 10.00. The molecule has 0 aromatic heterocycles. The molecule has 0 amide bonds. The summed E-state index contributed by atoms with van der Waals surface area (Å²) in [5.41, 5.74) is 8.68. The van der Waals surface area contributed by atoms with Gasteiger partial charge >= 0.3 is 0 Å². The van der Waals surface area contributed by atoms with E-state index in [-0.39, 0.29) is 11.9 Å². The Morgan fingerprint density at radius 2 is 2.05 bits per heavy atom. The van der Waals surface area contributed by atoms with Gasteiger partial charge in [-0.05, 0) is 42.3 Å². The van der Waals surface area contributed by atoms with Crippen molar-refractivity contribution in [1.82, 2.24) is 0 Å². The Morgan fingerprint density at radius 1 is 1.29 bits per heavy atom. The third-order valence-electron chi connectivity index (χ3n) is 3.70. The highest BCUT2D eigenvalue weighted by atomic mass is 35.5. The molecule has 3 rings (SSSR count). The van der Waals surface area contributed by atoms with E-state index >= 15 is 0 Å². The van der Waals surface area contributed by atoms with Crippen molar-refractivity contribution < 1.29 is 4.39 Å². The molecule has 1 unspecified atom stereocenters. The highest BCUT2D eigenvalue weighted by Crippen LogP contribution is 2.36. The summed E-state index contributed by atoms with van der Waals surface area (Å²) < 4.78 is 13.6. The van der Waals surface area contributed by atoms with Gasteiger partial charge in [0.1, 0.15) is 5.82 Å². The van der Waals surface area contributed by atoms with Gasteiger partial charge in [-0.2, -0.15) is 0 Å². The Kier molecular flexibility index (Phi) is 3.55. The molecule has 0 radical (unpaired) electrons. The molecule has 0 saturated carbocycles. The molecule has 108 valence electrons. The number of aliphatic imine (C=N–C) groups is 1. The van der Waals surface area contributed by atoms with Crippen LogP contribution in [0.3, 0.4) is 0 Å². The Labute approximate surface area is 127 Å². The maximum Gasteiger partial charge on any atom is 0.196 e. The number of guanidine groups is 1. The maximum atomic E-state index is 13.6. The zero-order chi connectivity index (χ0) is 15.0. The molecule has 0 saturated heterocycles. The molecular formula is C16H15ClFN3. The highest BCUT2D eigenvalue weighted by molar-refractivity contribution is 6.33. The van der Waals surface area contributed by atoms with E-state index in [0.29, 0.717) is 17.5 Å². The van der Waals surface area contributed by atoms with E-state index in [1.54, 1.807) is 12.1 Å². The standard InChI is InChI=1S/C16H15ClFN3/c1-10-6-7-11(18)8-12(10)15-9-20-16(19)21(15)14-5-3-2-4-13(14)17/h2-8,15H,9H2,1H3,(H2,19,20). The zero-order valence-electron chi connectivity index (χ0n) is 11.6. The second kappa shape index (κ2) is 5.37. The van der Waals surface area contributed by atoms with Crippen molar-refractivity contribution >= 4 is 23.2 Å². The lowest BCUT2D eigenvalue weighted by Crippen LogP contribution is -2.36. The van der Waals surface area contributed by atoms with E-state index in [2.05, 4.69) is 4.99 Å². The van der Waals surface area contributed by atoms with Crippen molar-refractivity contribution in [3.63, 3.8) is 0 Å². The lowest BCUT2D eigenvalue weighted by Gasteiger charge is -2.28. The monoisotopic (exact) mass is 303 g/mol. The summed E-state index contributed by atoms with van der Waals surface area (Å²) in [4.78, 5) is 6.17. The Bertz CT molecular complexity index is 714. The van der Waals surface area contributed by atoms with Crippen LogP contribution in [0.2, 0.25) is 5.02 Å². The molecule has 1 aliphatic heterocycles. The quantitative estimate of drug-likeness (QED) is 0.920. The molecule has 0 bridgehead atoms. The van der Waals surface area contributed by atoms with Gasteiger partial charge in [-0.3, -0.25) is 4.99 Å². The van der Waals surface area contributed by atoms with Crippen LogP contribution in [0.25, 0.3) is 0 Å². The Balaban J connectivity index is 2.07. The summed E-state index contributed by atoms with van der Waals surface area (Å²) >= 11 is 6.27. The van der Waals surface area contributed by atoms with Crippen molar-refractivity contribution in [2.24, 2.45) is 10.7 Å². The van der Waals surface area contributed by atoms with Crippen molar-refractivity contribution in [2.75, 3.05) is 11.4 Å². The van der Waals surface area contributed by atoms with E-state index in [4.69, 9.17) is 17.3 Å². The van der Waals surface area contributed by atoms with Gasteiger partial charge in [0.2, 0.25) is 0 Å². The first-order chi connectivity index (χ1) is 10.1. The first-order valence-corrected chi connectivity index (χ1v) is 7.05. The third kappa shape index (κ3) is 2.47. The molecule has 2 aromatic rings. The molecule has 2 N–H and O–H groups in total. The van der Waals surface area contributed by atoms with Crippen molar-refractivity contribution in [1.29, 1.82) is 0 Å². The number of aryl methyl sites for hydroxylation is 1. The molecule has 2 aromatic carbocycles. The summed E-state index contributed by atoms with van der Waals surface area (Å²) in [7, 11) is 0. The summed E-state index contributed by atoms with van der Waals surface area (Å²) in [6, 6.07) is 12.1. The van der Waals surface area contributed by atoms with E-state index in [1.807, 2.05) is 30.0 Å². The molecule has 21 heavy (non-hydrogen) atoms. The first-order valence-electron chi connectivity index (χ1n) is 6.67. The highest BCUT2D eigenvalue weighted by Gasteiger charge is 2.31. The predicted octanol–water partition coefficient (Wildman–Crippen LogP) is 3.66. The van der Waals surface area contributed by atoms with Crippen molar-refractivity contribution in [3.8, 4) is 0 Å². The lowest BCUT2D eigenvalue weighted by molar-refractivity contribution is 0.620. The minimum atomic E-state index is -0.264. The van der Waals surface area contributed by atoms with Crippen LogP contribution in [0.4, 0.5) is 10.1 Å².